The SMILES string of the molecule is O=C(O)C1CCCN(Cc2cccc(-c3ccccn3)c2)C1. The second kappa shape index (κ2) is 6.71. The fourth-order valence-corrected chi connectivity index (χ4v) is 3.02. The molecule has 0 bridgehead atoms. The molecule has 1 aliphatic rings. The number of hydrogen-bond acceptors (Lipinski definition) is 3. The average molecular weight is 296 g/mol. The lowest BCUT2D eigenvalue weighted by Crippen LogP contribution is -2.38. The van der Waals surface area contributed by atoms with Gasteiger partial charge in [-0.1, -0.05) is 24.3 Å². The molecule has 0 saturated carbocycles. The van der Waals surface area contributed by atoms with Crippen molar-refractivity contribution in [2.75, 3.05) is 13.1 Å². The molecule has 4 heteroatoms. The molecular formula is C18H20N2O2. The Balaban J connectivity index is 1.72. The number of carboxylic acids is 1. The number of carbonyl (C=O) groups is 1. The molecule has 1 aromatic carbocycles. The van der Waals surface area contributed by atoms with Crippen molar-refractivity contribution in [3.8, 4) is 11.3 Å². The van der Waals surface area contributed by atoms with Crippen molar-refractivity contribution in [2.24, 2.45) is 5.92 Å². The molecule has 1 fully saturated rings. The topological polar surface area (TPSA) is 53.4 Å². The smallest absolute Gasteiger partial charge is 0.307 e. The Bertz CT molecular complexity index is 643. The van der Waals surface area contributed by atoms with Crippen LogP contribution in [0.25, 0.3) is 11.3 Å². The van der Waals surface area contributed by atoms with Gasteiger partial charge in [-0.3, -0.25) is 14.7 Å². The monoisotopic (exact) mass is 296 g/mol. The Hall–Kier alpha value is -2.20. The third kappa shape index (κ3) is 3.52. The van der Waals surface area contributed by atoms with Gasteiger partial charge in [0.15, 0.2) is 0 Å². The van der Waals surface area contributed by atoms with Crippen LogP contribution in [0, 0.1) is 5.92 Å². The summed E-state index contributed by atoms with van der Waals surface area (Å²) in [5.74, 6) is -0.903. The lowest BCUT2D eigenvalue weighted by Gasteiger charge is -2.30. The van der Waals surface area contributed by atoms with Crippen molar-refractivity contribution in [2.45, 2.75) is 19.4 Å². The van der Waals surface area contributed by atoms with Crippen LogP contribution in [-0.4, -0.2) is 34.0 Å². The molecule has 0 spiro atoms. The standard InChI is InChI=1S/C18H20N2O2/c21-18(22)16-7-4-10-20(13-16)12-14-5-3-6-15(11-14)17-8-1-2-9-19-17/h1-3,5-6,8-9,11,16H,4,7,10,12-13H2,(H,21,22). The summed E-state index contributed by atoms with van der Waals surface area (Å²) in [5, 5.41) is 9.18. The summed E-state index contributed by atoms with van der Waals surface area (Å²) < 4.78 is 0. The Morgan fingerprint density at radius 3 is 2.95 bits per heavy atom. The van der Waals surface area contributed by atoms with Crippen LogP contribution in [-0.2, 0) is 11.3 Å². The largest absolute Gasteiger partial charge is 0.481 e. The van der Waals surface area contributed by atoms with Crippen molar-refractivity contribution in [3.05, 3.63) is 54.2 Å². The molecule has 0 radical (unpaired) electrons. The van der Waals surface area contributed by atoms with Crippen LogP contribution in [0.1, 0.15) is 18.4 Å². The molecule has 1 aromatic heterocycles. The molecule has 1 atom stereocenters. The van der Waals surface area contributed by atoms with Crippen molar-refractivity contribution in [1.82, 2.24) is 9.88 Å². The van der Waals surface area contributed by atoms with E-state index >= 15 is 0 Å². The predicted octanol–water partition coefficient (Wildman–Crippen LogP) is 3.05. The first-order valence-corrected chi connectivity index (χ1v) is 7.68. The van der Waals surface area contributed by atoms with Gasteiger partial charge in [0.1, 0.15) is 0 Å². The first-order chi connectivity index (χ1) is 10.7. The molecule has 2 heterocycles. The van der Waals surface area contributed by atoms with Crippen LogP contribution in [0.5, 0.6) is 0 Å². The maximum atomic E-state index is 11.2. The summed E-state index contributed by atoms with van der Waals surface area (Å²) in [6, 6.07) is 14.2. The molecule has 2 aromatic rings. The maximum Gasteiger partial charge on any atom is 0.307 e. The zero-order valence-corrected chi connectivity index (χ0v) is 12.5. The summed E-state index contributed by atoms with van der Waals surface area (Å²) in [7, 11) is 0. The van der Waals surface area contributed by atoms with Gasteiger partial charge >= 0.3 is 5.97 Å². The van der Waals surface area contributed by atoms with Crippen molar-refractivity contribution in [3.63, 3.8) is 0 Å². The number of nitrogens with zero attached hydrogens (tertiary/aromatic N) is 2. The summed E-state index contributed by atoms with van der Waals surface area (Å²) in [5.41, 5.74) is 3.27. The van der Waals surface area contributed by atoms with E-state index in [1.54, 1.807) is 6.20 Å². The van der Waals surface area contributed by atoms with Crippen molar-refractivity contribution in [1.29, 1.82) is 0 Å². The van der Waals surface area contributed by atoms with E-state index in [0.717, 1.165) is 37.2 Å². The van der Waals surface area contributed by atoms with Crippen molar-refractivity contribution < 1.29 is 9.90 Å². The molecule has 0 amide bonds. The lowest BCUT2D eigenvalue weighted by atomic mass is 9.97. The number of carboxylic acid groups (broad SMARTS) is 1. The first-order valence-electron chi connectivity index (χ1n) is 7.68. The molecule has 3 rings (SSSR count). The van der Waals surface area contributed by atoms with Gasteiger partial charge in [0.25, 0.3) is 0 Å². The third-order valence-corrected chi connectivity index (χ3v) is 4.15. The van der Waals surface area contributed by atoms with Gasteiger partial charge in [-0.15, -0.1) is 0 Å². The van der Waals surface area contributed by atoms with Crippen LogP contribution in [0.3, 0.4) is 0 Å². The van der Waals surface area contributed by atoms with E-state index < -0.39 is 5.97 Å². The molecule has 114 valence electrons. The van der Waals surface area contributed by atoms with E-state index in [-0.39, 0.29) is 5.92 Å². The summed E-state index contributed by atoms with van der Waals surface area (Å²) in [4.78, 5) is 17.8. The van der Waals surface area contributed by atoms with Gasteiger partial charge in [0, 0.05) is 24.8 Å². The summed E-state index contributed by atoms with van der Waals surface area (Å²) in [6.45, 7) is 2.41. The summed E-state index contributed by atoms with van der Waals surface area (Å²) >= 11 is 0. The van der Waals surface area contributed by atoms with Crippen LogP contribution in [0.2, 0.25) is 0 Å². The number of aliphatic carboxylic acids is 1. The normalized spacial score (nSPS) is 19.0. The molecule has 0 aliphatic carbocycles. The second-order valence-corrected chi connectivity index (χ2v) is 5.83. The van der Waals surface area contributed by atoms with Gasteiger partial charge < -0.3 is 5.11 Å². The number of aromatic nitrogens is 1. The number of hydrogen-bond donors (Lipinski definition) is 1. The predicted molar refractivity (Wildman–Crippen MR) is 85.3 cm³/mol. The van der Waals surface area contributed by atoms with Gasteiger partial charge in [-0.05, 0) is 43.1 Å². The molecular weight excluding hydrogens is 276 g/mol. The second-order valence-electron chi connectivity index (χ2n) is 5.83. The maximum absolute atomic E-state index is 11.2. The van der Waals surface area contributed by atoms with Crippen LogP contribution < -0.4 is 0 Å². The minimum Gasteiger partial charge on any atom is -0.481 e. The quantitative estimate of drug-likeness (QED) is 0.942. The molecule has 1 aliphatic heterocycles. The van der Waals surface area contributed by atoms with E-state index in [1.165, 1.54) is 5.56 Å². The molecule has 1 N–H and O–H groups in total. The first kappa shape index (κ1) is 14.7. The van der Waals surface area contributed by atoms with Crippen LogP contribution in [0.15, 0.2) is 48.7 Å². The highest BCUT2D eigenvalue weighted by Gasteiger charge is 2.25. The minimum atomic E-state index is -0.674. The minimum absolute atomic E-state index is 0.229. The van der Waals surface area contributed by atoms with Crippen molar-refractivity contribution >= 4 is 5.97 Å². The Morgan fingerprint density at radius 2 is 2.18 bits per heavy atom. The Labute approximate surface area is 130 Å². The van der Waals surface area contributed by atoms with E-state index in [9.17, 15) is 9.90 Å². The lowest BCUT2D eigenvalue weighted by molar-refractivity contribution is -0.143. The number of likely N-dealkylation sites (tertiary alicyclic amines) is 1. The molecule has 1 unspecified atom stereocenters. The Morgan fingerprint density at radius 1 is 1.27 bits per heavy atom. The zero-order valence-electron chi connectivity index (χ0n) is 12.5. The fraction of sp³-hybridized carbons (Fsp3) is 0.333. The zero-order chi connectivity index (χ0) is 15.4. The molecule has 1 saturated heterocycles. The van der Waals surface area contributed by atoms with E-state index in [1.807, 2.05) is 24.3 Å². The van der Waals surface area contributed by atoms with Gasteiger partial charge in [-0.25, -0.2) is 0 Å². The number of piperidine rings is 1. The van der Waals surface area contributed by atoms with E-state index in [0.29, 0.717) is 6.54 Å². The highest BCUT2D eigenvalue weighted by atomic mass is 16.4. The average Bonchev–Trinajstić information content (AvgIpc) is 2.56. The van der Waals surface area contributed by atoms with Gasteiger partial charge in [0.05, 0.1) is 11.6 Å². The van der Waals surface area contributed by atoms with Crippen LogP contribution in [0.4, 0.5) is 0 Å². The highest BCUT2D eigenvalue weighted by Crippen LogP contribution is 2.22. The van der Waals surface area contributed by atoms with Gasteiger partial charge in [-0.2, -0.15) is 0 Å². The Kier molecular flexibility index (Phi) is 4.49. The highest BCUT2D eigenvalue weighted by molar-refractivity contribution is 5.70. The number of pyridine rings is 1. The number of rotatable bonds is 4. The van der Waals surface area contributed by atoms with E-state index in [4.69, 9.17) is 0 Å². The number of benzene rings is 1. The third-order valence-electron chi connectivity index (χ3n) is 4.15. The fourth-order valence-electron chi connectivity index (χ4n) is 3.02. The van der Waals surface area contributed by atoms with E-state index in [2.05, 4.69) is 28.1 Å². The molecule has 22 heavy (non-hydrogen) atoms. The van der Waals surface area contributed by atoms with Crippen LogP contribution >= 0.6 is 0 Å². The van der Waals surface area contributed by atoms with Gasteiger partial charge in [0.2, 0.25) is 0 Å². The summed E-state index contributed by atoms with van der Waals surface area (Å²) in [6.07, 6.45) is 3.54. The molecule has 4 nitrogen and oxygen atoms in total.